The molecule has 0 atom stereocenters. The van der Waals surface area contributed by atoms with Crippen LogP contribution in [0.3, 0.4) is 0 Å². The minimum absolute atomic E-state index is 0.114. The summed E-state index contributed by atoms with van der Waals surface area (Å²) in [7, 11) is 0. The van der Waals surface area contributed by atoms with Crippen LogP contribution in [-0.4, -0.2) is 9.97 Å². The Bertz CT molecular complexity index is 1320. The summed E-state index contributed by atoms with van der Waals surface area (Å²) >= 11 is 0. The third-order valence-corrected chi connectivity index (χ3v) is 5.53. The molecule has 6 heteroatoms. The molecule has 1 aromatic heterocycles. The Hall–Kier alpha value is -4.84. The lowest BCUT2D eigenvalue weighted by Gasteiger charge is -2.22. The molecule has 5 aromatic rings. The number of ether oxygens (including phenoxy) is 1. The van der Waals surface area contributed by atoms with Crippen LogP contribution in [0.5, 0.6) is 11.5 Å². The molecule has 0 spiro atoms. The zero-order chi connectivity index (χ0) is 23.9. The highest BCUT2D eigenvalue weighted by Crippen LogP contribution is 2.32. The van der Waals surface area contributed by atoms with Gasteiger partial charge in [-0.3, -0.25) is 0 Å². The van der Waals surface area contributed by atoms with E-state index in [2.05, 4.69) is 44.9 Å². The van der Waals surface area contributed by atoms with Gasteiger partial charge in [0.25, 0.3) is 0 Å². The van der Waals surface area contributed by atoms with E-state index in [0.29, 0.717) is 17.3 Å². The van der Waals surface area contributed by atoms with Crippen molar-refractivity contribution in [2.45, 2.75) is 6.04 Å². The molecule has 0 aliphatic heterocycles. The van der Waals surface area contributed by atoms with Crippen molar-refractivity contribution >= 4 is 23.0 Å². The first-order valence-corrected chi connectivity index (χ1v) is 11.3. The van der Waals surface area contributed by atoms with Crippen molar-refractivity contribution in [2.75, 3.05) is 16.4 Å². The molecule has 4 N–H and O–H groups in total. The van der Waals surface area contributed by atoms with E-state index in [0.717, 1.165) is 28.3 Å². The minimum Gasteiger partial charge on any atom is -0.457 e. The maximum atomic E-state index is 6.49. The predicted molar refractivity (Wildman–Crippen MR) is 141 cm³/mol. The van der Waals surface area contributed by atoms with Crippen molar-refractivity contribution in [2.24, 2.45) is 0 Å². The molecule has 6 nitrogen and oxygen atoms in total. The highest BCUT2D eigenvalue weighted by molar-refractivity contribution is 5.78. The van der Waals surface area contributed by atoms with Gasteiger partial charge in [-0.2, -0.15) is 0 Å². The van der Waals surface area contributed by atoms with Crippen LogP contribution in [-0.2, 0) is 0 Å². The summed E-state index contributed by atoms with van der Waals surface area (Å²) in [5, 5.41) is 6.79. The van der Waals surface area contributed by atoms with Crippen LogP contribution >= 0.6 is 0 Å². The van der Waals surface area contributed by atoms with Gasteiger partial charge in [-0.1, -0.05) is 78.9 Å². The number of aromatic nitrogens is 2. The third kappa shape index (κ3) is 5.39. The summed E-state index contributed by atoms with van der Waals surface area (Å²) in [5.41, 5.74) is 9.99. The molecule has 0 saturated heterocycles. The largest absolute Gasteiger partial charge is 0.457 e. The number of nitrogens with two attached hydrogens (primary N) is 1. The van der Waals surface area contributed by atoms with Gasteiger partial charge in [0, 0.05) is 5.69 Å². The van der Waals surface area contributed by atoms with Gasteiger partial charge in [-0.15, -0.1) is 0 Å². The number of nitrogen functional groups attached to an aromatic ring is 1. The van der Waals surface area contributed by atoms with Crippen LogP contribution in [0.25, 0.3) is 0 Å². The van der Waals surface area contributed by atoms with E-state index >= 15 is 0 Å². The van der Waals surface area contributed by atoms with Crippen molar-refractivity contribution in [1.29, 1.82) is 0 Å². The fraction of sp³-hybridized carbons (Fsp3) is 0.0345. The van der Waals surface area contributed by atoms with Crippen LogP contribution in [0.1, 0.15) is 17.2 Å². The molecule has 1 heterocycles. The normalized spacial score (nSPS) is 10.7. The van der Waals surface area contributed by atoms with Crippen molar-refractivity contribution in [3.63, 3.8) is 0 Å². The Morgan fingerprint density at radius 2 is 1.11 bits per heavy atom. The van der Waals surface area contributed by atoms with Gasteiger partial charge in [0.15, 0.2) is 11.6 Å². The van der Waals surface area contributed by atoms with Crippen LogP contribution in [0.15, 0.2) is 122 Å². The summed E-state index contributed by atoms with van der Waals surface area (Å²) in [6.45, 7) is 0. The standard InChI is InChI=1S/C29H25N5O/c30-26-28(33-23-16-18-25(19-17-23)35-24-14-8-3-9-15-24)31-20-32-29(26)34-27(21-10-4-1-5-11-21)22-12-6-2-7-13-22/h1-20,27H,30H2,(H2,31,32,33,34). The Morgan fingerprint density at radius 1 is 0.600 bits per heavy atom. The molecule has 0 fully saturated rings. The zero-order valence-electron chi connectivity index (χ0n) is 19.0. The number of rotatable bonds is 8. The predicted octanol–water partition coefficient (Wildman–Crippen LogP) is 6.80. The molecule has 0 amide bonds. The summed E-state index contributed by atoms with van der Waals surface area (Å²) < 4.78 is 5.87. The molecule has 35 heavy (non-hydrogen) atoms. The van der Waals surface area contributed by atoms with Gasteiger partial charge >= 0.3 is 0 Å². The van der Waals surface area contributed by atoms with Crippen molar-refractivity contribution in [3.8, 4) is 11.5 Å². The maximum Gasteiger partial charge on any atom is 0.159 e. The fourth-order valence-corrected chi connectivity index (χ4v) is 3.76. The smallest absolute Gasteiger partial charge is 0.159 e. The number of nitrogens with zero attached hydrogens (tertiary/aromatic N) is 2. The Balaban J connectivity index is 1.35. The number of anilines is 4. The van der Waals surface area contributed by atoms with Crippen molar-refractivity contribution < 1.29 is 4.74 Å². The molecule has 0 saturated carbocycles. The summed E-state index contributed by atoms with van der Waals surface area (Å²) in [5.74, 6) is 2.62. The van der Waals surface area contributed by atoms with Crippen molar-refractivity contribution in [3.05, 3.63) is 133 Å². The molecular weight excluding hydrogens is 434 g/mol. The number of nitrogens with one attached hydrogen (secondary N) is 2. The molecule has 0 aliphatic carbocycles. The Kier molecular flexibility index (Phi) is 6.53. The number of hydrogen-bond acceptors (Lipinski definition) is 6. The summed E-state index contributed by atoms with van der Waals surface area (Å²) in [6.07, 6.45) is 1.50. The average Bonchev–Trinajstić information content (AvgIpc) is 2.92. The lowest BCUT2D eigenvalue weighted by atomic mass is 9.99. The minimum atomic E-state index is -0.114. The number of para-hydroxylation sites is 1. The third-order valence-electron chi connectivity index (χ3n) is 5.53. The molecule has 0 aliphatic rings. The van der Waals surface area contributed by atoms with Gasteiger partial charge in [-0.25, -0.2) is 9.97 Å². The van der Waals surface area contributed by atoms with Crippen LogP contribution in [0.4, 0.5) is 23.0 Å². The SMILES string of the molecule is Nc1c(Nc2ccc(Oc3ccccc3)cc2)ncnc1NC(c1ccccc1)c1ccccc1. The second kappa shape index (κ2) is 10.4. The van der Waals surface area contributed by atoms with Gasteiger partial charge in [0.05, 0.1) is 6.04 Å². The van der Waals surface area contributed by atoms with Crippen LogP contribution in [0.2, 0.25) is 0 Å². The highest BCUT2D eigenvalue weighted by Gasteiger charge is 2.17. The van der Waals surface area contributed by atoms with Crippen molar-refractivity contribution in [1.82, 2.24) is 9.97 Å². The second-order valence-corrected chi connectivity index (χ2v) is 7.95. The second-order valence-electron chi connectivity index (χ2n) is 7.95. The van der Waals surface area contributed by atoms with Gasteiger partial charge in [0.2, 0.25) is 0 Å². The van der Waals surface area contributed by atoms with E-state index in [1.807, 2.05) is 91.0 Å². The highest BCUT2D eigenvalue weighted by atomic mass is 16.5. The van der Waals surface area contributed by atoms with Crippen LogP contribution < -0.4 is 21.1 Å². The summed E-state index contributed by atoms with van der Waals surface area (Å²) in [6, 6.07) is 37.6. The molecular formula is C29H25N5O. The van der Waals surface area contributed by atoms with E-state index in [9.17, 15) is 0 Å². The molecule has 0 radical (unpaired) electrons. The van der Waals surface area contributed by atoms with Crippen LogP contribution in [0, 0.1) is 0 Å². The molecule has 172 valence electrons. The molecule has 5 rings (SSSR count). The van der Waals surface area contributed by atoms with Gasteiger partial charge in [-0.05, 0) is 47.5 Å². The molecule has 0 bridgehead atoms. The first kappa shape index (κ1) is 22.0. The maximum absolute atomic E-state index is 6.49. The fourth-order valence-electron chi connectivity index (χ4n) is 3.76. The first-order chi connectivity index (χ1) is 17.3. The summed E-state index contributed by atoms with van der Waals surface area (Å²) in [4.78, 5) is 8.78. The van der Waals surface area contributed by atoms with E-state index in [1.165, 1.54) is 6.33 Å². The first-order valence-electron chi connectivity index (χ1n) is 11.3. The Labute approximate surface area is 204 Å². The Morgan fingerprint density at radius 3 is 1.71 bits per heavy atom. The lowest BCUT2D eigenvalue weighted by Crippen LogP contribution is -2.15. The lowest BCUT2D eigenvalue weighted by molar-refractivity contribution is 0.483. The average molecular weight is 460 g/mol. The molecule has 4 aromatic carbocycles. The van der Waals surface area contributed by atoms with E-state index in [1.54, 1.807) is 0 Å². The monoisotopic (exact) mass is 459 g/mol. The molecule has 0 unspecified atom stereocenters. The van der Waals surface area contributed by atoms with E-state index in [4.69, 9.17) is 10.5 Å². The van der Waals surface area contributed by atoms with Gasteiger partial charge in [0.1, 0.15) is 23.5 Å². The van der Waals surface area contributed by atoms with E-state index < -0.39 is 0 Å². The number of benzene rings is 4. The quantitative estimate of drug-likeness (QED) is 0.237. The zero-order valence-corrected chi connectivity index (χ0v) is 19.0. The number of hydrogen-bond donors (Lipinski definition) is 3. The van der Waals surface area contributed by atoms with Gasteiger partial charge < -0.3 is 21.1 Å². The van der Waals surface area contributed by atoms with E-state index in [-0.39, 0.29) is 6.04 Å². The topological polar surface area (TPSA) is 85.1 Å².